The molecule has 34 heavy (non-hydrogen) atoms. The predicted octanol–water partition coefficient (Wildman–Crippen LogP) is 5.45. The fourth-order valence-electron chi connectivity index (χ4n) is 3.20. The monoisotopic (exact) mass is 453 g/mol. The zero-order valence-corrected chi connectivity index (χ0v) is 18.5. The Morgan fingerprint density at radius 3 is 2.44 bits per heavy atom. The van der Waals surface area contributed by atoms with Crippen LogP contribution in [0.2, 0.25) is 0 Å². The van der Waals surface area contributed by atoms with Gasteiger partial charge >= 0.3 is 0 Å². The summed E-state index contributed by atoms with van der Waals surface area (Å²) in [5, 5.41) is 5.60. The van der Waals surface area contributed by atoms with E-state index >= 15 is 0 Å². The lowest BCUT2D eigenvalue weighted by Gasteiger charge is -2.13. The third-order valence-electron chi connectivity index (χ3n) is 4.76. The molecular weight excluding hydrogens is 430 g/mol. The SMILES string of the molecule is Cc1cccc(NC(=O)c2ccccc2NC(=O)COc2cccc(Oc3ccccn3)c2)c1. The summed E-state index contributed by atoms with van der Waals surface area (Å²) < 4.78 is 11.3. The summed E-state index contributed by atoms with van der Waals surface area (Å²) in [6.07, 6.45) is 1.64. The van der Waals surface area contributed by atoms with Crippen molar-refractivity contribution in [2.75, 3.05) is 17.2 Å². The Morgan fingerprint density at radius 2 is 1.62 bits per heavy atom. The zero-order chi connectivity index (χ0) is 23.8. The molecule has 7 heteroatoms. The molecule has 4 rings (SSSR count). The maximum absolute atomic E-state index is 12.8. The van der Waals surface area contributed by atoms with Gasteiger partial charge in [-0.1, -0.05) is 36.4 Å². The molecule has 0 aliphatic heterocycles. The van der Waals surface area contributed by atoms with E-state index in [-0.39, 0.29) is 12.5 Å². The number of anilines is 2. The Hall–Kier alpha value is -4.65. The summed E-state index contributed by atoms with van der Waals surface area (Å²) >= 11 is 0. The van der Waals surface area contributed by atoms with Crippen molar-refractivity contribution >= 4 is 23.2 Å². The summed E-state index contributed by atoms with van der Waals surface area (Å²) in [6, 6.07) is 26.6. The van der Waals surface area contributed by atoms with Crippen LogP contribution in [0.1, 0.15) is 15.9 Å². The molecule has 0 saturated heterocycles. The first-order valence-corrected chi connectivity index (χ1v) is 10.7. The number of carbonyl (C=O) groups excluding carboxylic acids is 2. The molecule has 2 N–H and O–H groups in total. The molecule has 0 aliphatic carbocycles. The van der Waals surface area contributed by atoms with E-state index in [9.17, 15) is 9.59 Å². The molecule has 0 radical (unpaired) electrons. The molecule has 2 amide bonds. The summed E-state index contributed by atoms with van der Waals surface area (Å²) in [7, 11) is 0. The average Bonchev–Trinajstić information content (AvgIpc) is 2.84. The van der Waals surface area contributed by atoms with E-state index in [1.165, 1.54) is 0 Å². The number of para-hydroxylation sites is 1. The maximum atomic E-state index is 12.8. The van der Waals surface area contributed by atoms with Crippen LogP contribution in [0.3, 0.4) is 0 Å². The zero-order valence-electron chi connectivity index (χ0n) is 18.5. The van der Waals surface area contributed by atoms with E-state index in [0.717, 1.165) is 5.56 Å². The van der Waals surface area contributed by atoms with Crippen LogP contribution >= 0.6 is 0 Å². The van der Waals surface area contributed by atoms with Crippen LogP contribution < -0.4 is 20.1 Å². The second-order valence-corrected chi connectivity index (χ2v) is 7.45. The molecule has 7 nitrogen and oxygen atoms in total. The fourth-order valence-corrected chi connectivity index (χ4v) is 3.20. The van der Waals surface area contributed by atoms with Gasteiger partial charge in [-0.25, -0.2) is 4.98 Å². The number of benzene rings is 3. The number of nitrogens with zero attached hydrogens (tertiary/aromatic N) is 1. The highest BCUT2D eigenvalue weighted by Crippen LogP contribution is 2.24. The van der Waals surface area contributed by atoms with Gasteiger partial charge in [0.25, 0.3) is 11.8 Å². The minimum Gasteiger partial charge on any atom is -0.484 e. The highest BCUT2D eigenvalue weighted by atomic mass is 16.5. The molecule has 0 fully saturated rings. The Bertz CT molecular complexity index is 1290. The maximum Gasteiger partial charge on any atom is 0.262 e. The molecule has 4 aromatic rings. The molecule has 0 atom stereocenters. The lowest BCUT2D eigenvalue weighted by atomic mass is 10.1. The highest BCUT2D eigenvalue weighted by Gasteiger charge is 2.14. The molecule has 1 aromatic heterocycles. The van der Waals surface area contributed by atoms with Crippen molar-refractivity contribution in [2.45, 2.75) is 6.92 Å². The summed E-state index contributed by atoms with van der Waals surface area (Å²) in [6.45, 7) is 1.71. The van der Waals surface area contributed by atoms with Gasteiger partial charge in [0.2, 0.25) is 5.88 Å². The topological polar surface area (TPSA) is 89.6 Å². The normalized spacial score (nSPS) is 10.3. The van der Waals surface area contributed by atoms with Crippen LogP contribution in [0.15, 0.2) is 97.2 Å². The number of carbonyl (C=O) groups is 2. The van der Waals surface area contributed by atoms with E-state index in [1.54, 1.807) is 66.9 Å². The number of aromatic nitrogens is 1. The molecule has 3 aromatic carbocycles. The first-order valence-electron chi connectivity index (χ1n) is 10.7. The smallest absolute Gasteiger partial charge is 0.262 e. The number of pyridine rings is 1. The molecule has 0 aliphatic rings. The van der Waals surface area contributed by atoms with Gasteiger partial charge in [-0.05, 0) is 55.0 Å². The van der Waals surface area contributed by atoms with Crippen LogP contribution in [0.5, 0.6) is 17.4 Å². The molecule has 1 heterocycles. The third kappa shape index (κ3) is 6.20. The molecule has 0 bridgehead atoms. The van der Waals surface area contributed by atoms with Gasteiger partial charge in [-0.3, -0.25) is 9.59 Å². The summed E-state index contributed by atoms with van der Waals surface area (Å²) in [5.74, 6) is 0.746. The van der Waals surface area contributed by atoms with E-state index in [0.29, 0.717) is 34.3 Å². The Morgan fingerprint density at radius 1 is 0.824 bits per heavy atom. The average molecular weight is 453 g/mol. The van der Waals surface area contributed by atoms with Crippen molar-refractivity contribution in [1.82, 2.24) is 4.98 Å². The number of hydrogen-bond acceptors (Lipinski definition) is 5. The van der Waals surface area contributed by atoms with Gasteiger partial charge in [-0.2, -0.15) is 0 Å². The van der Waals surface area contributed by atoms with Crippen LogP contribution in [0, 0.1) is 6.92 Å². The molecule has 0 spiro atoms. The number of rotatable bonds is 8. The largest absolute Gasteiger partial charge is 0.484 e. The molecular formula is C27H23N3O4. The van der Waals surface area contributed by atoms with E-state index < -0.39 is 5.91 Å². The standard InChI is InChI=1S/C27H23N3O4/c1-19-8-6-9-20(16-19)29-27(32)23-12-2-3-13-24(23)30-25(31)18-33-21-10-7-11-22(17-21)34-26-14-4-5-15-28-26/h2-17H,18H2,1H3,(H,29,32)(H,30,31). The van der Waals surface area contributed by atoms with Gasteiger partial charge in [0, 0.05) is 24.0 Å². The number of amides is 2. The lowest BCUT2D eigenvalue weighted by molar-refractivity contribution is -0.118. The summed E-state index contributed by atoms with van der Waals surface area (Å²) in [5.41, 5.74) is 2.46. The number of aryl methyl sites for hydroxylation is 1. The van der Waals surface area contributed by atoms with Crippen LogP contribution in [-0.2, 0) is 4.79 Å². The first kappa shape index (κ1) is 22.5. The second kappa shape index (κ2) is 10.8. The van der Waals surface area contributed by atoms with Crippen LogP contribution in [0.25, 0.3) is 0 Å². The van der Waals surface area contributed by atoms with E-state index in [1.807, 2.05) is 37.3 Å². The number of hydrogen-bond donors (Lipinski definition) is 2. The Balaban J connectivity index is 1.36. The van der Waals surface area contributed by atoms with Crippen molar-refractivity contribution in [3.8, 4) is 17.4 Å². The van der Waals surface area contributed by atoms with Crippen molar-refractivity contribution in [3.63, 3.8) is 0 Å². The molecule has 0 saturated carbocycles. The van der Waals surface area contributed by atoms with Crippen LogP contribution in [-0.4, -0.2) is 23.4 Å². The fraction of sp³-hybridized carbons (Fsp3) is 0.0741. The predicted molar refractivity (Wildman–Crippen MR) is 130 cm³/mol. The van der Waals surface area contributed by atoms with E-state index in [2.05, 4.69) is 15.6 Å². The highest BCUT2D eigenvalue weighted by molar-refractivity contribution is 6.10. The third-order valence-corrected chi connectivity index (χ3v) is 4.76. The van der Waals surface area contributed by atoms with Gasteiger partial charge in [0.15, 0.2) is 6.61 Å². The number of nitrogens with one attached hydrogen (secondary N) is 2. The van der Waals surface area contributed by atoms with E-state index in [4.69, 9.17) is 9.47 Å². The summed E-state index contributed by atoms with van der Waals surface area (Å²) in [4.78, 5) is 29.4. The second-order valence-electron chi connectivity index (χ2n) is 7.45. The molecule has 0 unspecified atom stereocenters. The Labute approximate surface area is 197 Å². The quantitative estimate of drug-likeness (QED) is 0.370. The minimum atomic E-state index is -0.396. The van der Waals surface area contributed by atoms with Crippen molar-refractivity contribution < 1.29 is 19.1 Å². The van der Waals surface area contributed by atoms with Crippen LogP contribution in [0.4, 0.5) is 11.4 Å². The van der Waals surface area contributed by atoms with Gasteiger partial charge in [0.1, 0.15) is 11.5 Å². The first-order chi connectivity index (χ1) is 16.6. The van der Waals surface area contributed by atoms with Crippen molar-refractivity contribution in [1.29, 1.82) is 0 Å². The number of ether oxygens (including phenoxy) is 2. The van der Waals surface area contributed by atoms with Gasteiger partial charge in [-0.15, -0.1) is 0 Å². The molecule has 170 valence electrons. The minimum absolute atomic E-state index is 0.235. The van der Waals surface area contributed by atoms with Gasteiger partial charge < -0.3 is 20.1 Å². The van der Waals surface area contributed by atoms with Crippen molar-refractivity contribution in [2.24, 2.45) is 0 Å². The van der Waals surface area contributed by atoms with Crippen molar-refractivity contribution in [3.05, 3.63) is 108 Å². The Kier molecular flexibility index (Phi) is 7.15. The lowest BCUT2D eigenvalue weighted by Crippen LogP contribution is -2.22. The van der Waals surface area contributed by atoms with Gasteiger partial charge in [0.05, 0.1) is 11.3 Å².